The van der Waals surface area contributed by atoms with Crippen molar-refractivity contribution < 1.29 is 69.0 Å². The predicted molar refractivity (Wildman–Crippen MR) is 153 cm³/mol. The number of hydrogen-bond donors (Lipinski definition) is 10. The van der Waals surface area contributed by atoms with E-state index in [1.807, 2.05) is 0 Å². The minimum Gasteiger partial charge on any atom is -0.394 e. The summed E-state index contributed by atoms with van der Waals surface area (Å²) in [7, 11) is 0. The first-order chi connectivity index (χ1) is 21.9. The van der Waals surface area contributed by atoms with E-state index in [4.69, 9.17) is 42.3 Å². The molecule has 0 bridgehead atoms. The van der Waals surface area contributed by atoms with E-state index in [-0.39, 0.29) is 32.3 Å². The molecule has 2 amide bonds. The second-order valence-electron chi connectivity index (χ2n) is 11.9. The van der Waals surface area contributed by atoms with E-state index in [0.29, 0.717) is 6.42 Å². The van der Waals surface area contributed by atoms with Gasteiger partial charge in [-0.05, 0) is 6.42 Å². The highest BCUT2D eigenvalue weighted by atomic mass is 16.7. The molecule has 0 aromatic heterocycles. The second kappa shape index (κ2) is 15.6. The number of nitrogens with two attached hydrogens (primary N) is 1. The van der Waals surface area contributed by atoms with E-state index >= 15 is 0 Å². The fourth-order valence-electron chi connectivity index (χ4n) is 5.81. The smallest absolute Gasteiger partial charge is 0.221 e. The van der Waals surface area contributed by atoms with Crippen LogP contribution in [0.1, 0.15) is 32.1 Å². The zero-order chi connectivity index (χ0) is 33.8. The molecule has 17 heteroatoms. The first kappa shape index (κ1) is 36.4. The van der Waals surface area contributed by atoms with Gasteiger partial charge < -0.3 is 75.8 Å². The van der Waals surface area contributed by atoms with Gasteiger partial charge in [-0.25, -0.2) is 0 Å². The van der Waals surface area contributed by atoms with E-state index in [0.717, 1.165) is 0 Å². The summed E-state index contributed by atoms with van der Waals surface area (Å²) in [6, 6.07) is -2.81. The number of aliphatic hydroxyl groups is 7. The number of fused-ring (bicyclic) bond motifs is 1. The number of aliphatic hydroxyl groups excluding tert-OH is 7. The van der Waals surface area contributed by atoms with Crippen molar-refractivity contribution in [2.45, 2.75) is 123 Å². The molecule has 0 aromatic carbocycles. The monoisotopic (exact) mass is 657 g/mol. The van der Waals surface area contributed by atoms with Crippen LogP contribution in [0.4, 0.5) is 0 Å². The van der Waals surface area contributed by atoms with Gasteiger partial charge in [-0.3, -0.25) is 9.59 Å². The summed E-state index contributed by atoms with van der Waals surface area (Å²) in [6.45, 7) is -1.88. The lowest BCUT2D eigenvalue weighted by molar-refractivity contribution is -0.335. The normalized spacial score (nSPS) is 43.4. The van der Waals surface area contributed by atoms with Gasteiger partial charge >= 0.3 is 0 Å². The van der Waals surface area contributed by atoms with Crippen LogP contribution in [0.3, 0.4) is 0 Å². The van der Waals surface area contributed by atoms with E-state index in [1.54, 1.807) is 0 Å². The van der Waals surface area contributed by atoms with Crippen molar-refractivity contribution in [3.8, 4) is 24.7 Å². The zero-order valence-corrected chi connectivity index (χ0v) is 25.0. The lowest BCUT2D eigenvalue weighted by Crippen LogP contribution is -2.69. The number of amides is 2. The number of carbonyl (C=O) groups is 2. The maximum atomic E-state index is 12.7. The summed E-state index contributed by atoms with van der Waals surface area (Å²) < 4.78 is 29.1. The van der Waals surface area contributed by atoms with Crippen molar-refractivity contribution in [2.75, 3.05) is 19.8 Å². The molecular formula is C29H43N3O14. The zero-order valence-electron chi connectivity index (χ0n) is 25.0. The van der Waals surface area contributed by atoms with E-state index in [1.165, 1.54) is 0 Å². The molecule has 9 unspecified atom stereocenters. The maximum Gasteiger partial charge on any atom is 0.221 e. The summed E-state index contributed by atoms with van der Waals surface area (Å²) in [5.41, 5.74) is 4.96. The Hall–Kier alpha value is -2.46. The minimum absolute atomic E-state index is 0.0716. The Morgan fingerprint density at radius 1 is 0.804 bits per heavy atom. The third-order valence-electron chi connectivity index (χ3n) is 8.67. The molecule has 1 aliphatic carbocycles. The summed E-state index contributed by atoms with van der Waals surface area (Å²) in [4.78, 5) is 25.2. The average Bonchev–Trinajstić information content (AvgIpc) is 3.72. The topological polar surface area (TPSA) is 272 Å². The summed E-state index contributed by atoms with van der Waals surface area (Å²) in [6.07, 6.45) is -5.89. The van der Waals surface area contributed by atoms with Crippen molar-refractivity contribution in [1.29, 1.82) is 0 Å². The maximum absolute atomic E-state index is 12.7. The molecule has 0 aromatic rings. The molecule has 15 atom stereocenters. The summed E-state index contributed by atoms with van der Waals surface area (Å²) in [5, 5.41) is 78.7. The molecule has 4 rings (SSSR count). The van der Waals surface area contributed by atoms with E-state index < -0.39 is 116 Å². The molecule has 3 aliphatic heterocycles. The van der Waals surface area contributed by atoms with Crippen LogP contribution < -0.4 is 16.4 Å². The molecule has 0 spiro atoms. The molecule has 3 heterocycles. The Balaban J connectivity index is 1.53. The van der Waals surface area contributed by atoms with Crippen LogP contribution >= 0.6 is 0 Å². The van der Waals surface area contributed by atoms with Gasteiger partial charge in [0.25, 0.3) is 0 Å². The SMILES string of the molecule is C#CCCC(=O)NC1C(O)[C@H](O)C(CO)O[C@H]1O[C@H]1C(CO)OC(OCC2O[C@H]3CC3(N)C(O)[C@@H]2O)[C@H](NC(=O)CCC#C)C1O. The molecule has 11 N–H and O–H groups in total. The molecule has 1 saturated carbocycles. The molecule has 46 heavy (non-hydrogen) atoms. The highest BCUT2D eigenvalue weighted by Crippen LogP contribution is 2.46. The second-order valence-corrected chi connectivity index (χ2v) is 11.9. The quantitative estimate of drug-likeness (QED) is 0.0827. The number of rotatable bonds is 13. The molecule has 258 valence electrons. The summed E-state index contributed by atoms with van der Waals surface area (Å²) >= 11 is 0. The Labute approximate surface area is 265 Å². The van der Waals surface area contributed by atoms with Gasteiger partial charge in [0.15, 0.2) is 12.6 Å². The third kappa shape index (κ3) is 7.80. The Kier molecular flexibility index (Phi) is 12.4. The number of nitrogens with one attached hydrogen (secondary N) is 2. The standard InChI is InChI=1S/C29H43N3O14/c1-3-5-7-17(35)31-19-23(39)21(37)13(10-33)44-28(19)46-25-14(11-34)45-27(20(24(25)40)32-18(36)8-6-4-2)42-12-15-22(38)26(41)29(30)9-16(29)43-15/h1-2,13-16,19-28,33-34,37-41H,5-12,30H2,(H,31,35)(H,32,36)/t13?,14?,15?,16-,19?,20+,21+,22+,23?,24?,25-,26?,27?,28-,29?/m0/s1. The summed E-state index contributed by atoms with van der Waals surface area (Å²) in [5.74, 6) is 3.42. The van der Waals surface area contributed by atoms with Gasteiger partial charge in [-0.1, -0.05) is 0 Å². The van der Waals surface area contributed by atoms with Crippen molar-refractivity contribution in [1.82, 2.24) is 10.6 Å². The predicted octanol–water partition coefficient (Wildman–Crippen LogP) is -5.71. The fourth-order valence-corrected chi connectivity index (χ4v) is 5.81. The van der Waals surface area contributed by atoms with Crippen LogP contribution in [-0.2, 0) is 33.3 Å². The third-order valence-corrected chi connectivity index (χ3v) is 8.67. The van der Waals surface area contributed by atoms with Crippen LogP contribution in [0, 0.1) is 24.7 Å². The highest BCUT2D eigenvalue weighted by Gasteiger charge is 2.64. The van der Waals surface area contributed by atoms with Crippen LogP contribution in [0.2, 0.25) is 0 Å². The van der Waals surface area contributed by atoms with Gasteiger partial charge in [0.1, 0.15) is 67.0 Å². The molecule has 17 nitrogen and oxygen atoms in total. The number of ether oxygens (including phenoxy) is 5. The Morgan fingerprint density at radius 3 is 1.93 bits per heavy atom. The van der Waals surface area contributed by atoms with E-state index in [2.05, 4.69) is 22.5 Å². The molecule has 0 radical (unpaired) electrons. The lowest BCUT2D eigenvalue weighted by atomic mass is 9.94. The van der Waals surface area contributed by atoms with Gasteiger partial charge in [-0.2, -0.15) is 0 Å². The highest BCUT2D eigenvalue weighted by molar-refractivity contribution is 5.77. The number of carbonyl (C=O) groups excluding carboxylic acids is 2. The van der Waals surface area contributed by atoms with Crippen molar-refractivity contribution in [3.63, 3.8) is 0 Å². The Morgan fingerprint density at radius 2 is 1.37 bits per heavy atom. The first-order valence-corrected chi connectivity index (χ1v) is 15.0. The van der Waals surface area contributed by atoms with Crippen LogP contribution in [0.5, 0.6) is 0 Å². The molecule has 4 aliphatic rings. The van der Waals surface area contributed by atoms with Crippen LogP contribution in [0.15, 0.2) is 0 Å². The number of hydrogen-bond acceptors (Lipinski definition) is 15. The lowest BCUT2D eigenvalue weighted by Gasteiger charge is -2.48. The van der Waals surface area contributed by atoms with Crippen molar-refractivity contribution >= 4 is 11.8 Å². The van der Waals surface area contributed by atoms with Crippen LogP contribution in [-0.4, -0.2) is 159 Å². The van der Waals surface area contributed by atoms with Gasteiger partial charge in [0, 0.05) is 25.7 Å². The van der Waals surface area contributed by atoms with Gasteiger partial charge in [0.2, 0.25) is 11.8 Å². The molecule has 3 saturated heterocycles. The molecular weight excluding hydrogens is 614 g/mol. The first-order valence-electron chi connectivity index (χ1n) is 15.0. The minimum atomic E-state index is -1.70. The molecule has 4 fully saturated rings. The van der Waals surface area contributed by atoms with E-state index in [9.17, 15) is 45.3 Å². The largest absolute Gasteiger partial charge is 0.394 e. The van der Waals surface area contributed by atoms with Crippen molar-refractivity contribution in [3.05, 3.63) is 0 Å². The van der Waals surface area contributed by atoms with Gasteiger partial charge in [0.05, 0.1) is 31.5 Å². The van der Waals surface area contributed by atoms with Crippen LogP contribution in [0.25, 0.3) is 0 Å². The average molecular weight is 658 g/mol. The Bertz CT molecular complexity index is 1150. The van der Waals surface area contributed by atoms with Gasteiger partial charge in [-0.15, -0.1) is 24.7 Å². The fraction of sp³-hybridized carbons (Fsp3) is 0.793. The van der Waals surface area contributed by atoms with Crippen molar-refractivity contribution in [2.24, 2.45) is 5.73 Å². The number of terminal acetylenes is 2.